The molecule has 4 rings (SSSR count). The van der Waals surface area contributed by atoms with Gasteiger partial charge in [0.25, 0.3) is 0 Å². The van der Waals surface area contributed by atoms with E-state index in [0.717, 1.165) is 57.1 Å². The summed E-state index contributed by atoms with van der Waals surface area (Å²) in [4.78, 5) is 23.8. The summed E-state index contributed by atoms with van der Waals surface area (Å²) in [7, 11) is 0. The first kappa shape index (κ1) is 28.4. The fraction of sp³-hybridized carbons (Fsp3) is 0.520. The lowest BCUT2D eigenvalue weighted by Crippen LogP contribution is -2.48. The van der Waals surface area contributed by atoms with Crippen molar-refractivity contribution < 1.29 is 18.0 Å². The number of hydrogen-bond donors (Lipinski definition) is 1. The molecular formula is C25H33ClF3N5OS. The molecule has 2 aliphatic heterocycles. The van der Waals surface area contributed by atoms with Gasteiger partial charge in [-0.3, -0.25) is 9.69 Å². The van der Waals surface area contributed by atoms with Crippen molar-refractivity contribution in [3.63, 3.8) is 0 Å². The van der Waals surface area contributed by atoms with Crippen LogP contribution in [0.1, 0.15) is 26.7 Å². The molecule has 2 aromatic rings. The van der Waals surface area contributed by atoms with Crippen molar-refractivity contribution in [3.8, 4) is 0 Å². The molecule has 198 valence electrons. The molecule has 1 aromatic carbocycles. The lowest BCUT2D eigenvalue weighted by molar-refractivity contribution is -0.132. The van der Waals surface area contributed by atoms with Crippen LogP contribution in [0.2, 0.25) is 5.02 Å². The Morgan fingerprint density at radius 3 is 2.28 bits per heavy atom. The second-order valence-electron chi connectivity index (χ2n) is 8.78. The van der Waals surface area contributed by atoms with Gasteiger partial charge in [0.2, 0.25) is 5.91 Å². The zero-order valence-corrected chi connectivity index (χ0v) is 20.9. The number of amides is 1. The molecule has 0 unspecified atom stereocenters. The highest BCUT2D eigenvalue weighted by Crippen LogP contribution is 2.37. The molecule has 3 heterocycles. The van der Waals surface area contributed by atoms with Gasteiger partial charge in [0.05, 0.1) is 5.02 Å². The molecule has 36 heavy (non-hydrogen) atoms. The minimum absolute atomic E-state index is 0. The van der Waals surface area contributed by atoms with Crippen molar-refractivity contribution in [2.75, 3.05) is 56.0 Å². The van der Waals surface area contributed by atoms with Crippen LogP contribution in [0.3, 0.4) is 0 Å². The molecule has 0 aliphatic carbocycles. The molecule has 2 saturated heterocycles. The maximum atomic E-state index is 12.7. The Kier molecular flexibility index (Phi) is 10.2. The van der Waals surface area contributed by atoms with Crippen molar-refractivity contribution in [2.45, 2.75) is 43.1 Å². The third-order valence-electron chi connectivity index (χ3n) is 6.36. The number of piperidine rings is 1. The van der Waals surface area contributed by atoms with E-state index < -0.39 is 5.51 Å². The summed E-state index contributed by atoms with van der Waals surface area (Å²) < 4.78 is 37.4. The summed E-state index contributed by atoms with van der Waals surface area (Å²) in [6, 6.07) is 10.3. The minimum Gasteiger partial charge on any atom is -0.382 e. The normalized spacial score (nSPS) is 17.6. The van der Waals surface area contributed by atoms with Crippen LogP contribution in [0.4, 0.5) is 24.7 Å². The lowest BCUT2D eigenvalue weighted by atomic mass is 10.0. The maximum absolute atomic E-state index is 12.7. The van der Waals surface area contributed by atoms with Crippen LogP contribution >= 0.6 is 23.4 Å². The summed E-state index contributed by atoms with van der Waals surface area (Å²) in [5.41, 5.74) is -3.48. The average molecular weight is 544 g/mol. The summed E-state index contributed by atoms with van der Waals surface area (Å²) >= 11 is 5.80. The number of hydrogen-bond acceptors (Lipinski definition) is 6. The number of carbonyl (C=O) groups is 1. The van der Waals surface area contributed by atoms with Crippen molar-refractivity contribution in [2.24, 2.45) is 0 Å². The Bertz CT molecular complexity index is 961. The number of piperazine rings is 1. The minimum atomic E-state index is -4.28. The van der Waals surface area contributed by atoms with Crippen molar-refractivity contribution in [3.05, 3.63) is 47.6 Å². The topological polar surface area (TPSA) is 51.7 Å². The highest BCUT2D eigenvalue weighted by atomic mass is 35.5. The van der Waals surface area contributed by atoms with Crippen LogP contribution in [0.15, 0.2) is 47.5 Å². The molecule has 0 radical (unpaired) electrons. The number of alkyl halides is 3. The SMILES string of the molecule is C.O=C(CCN1CCN(c2ccc(Cl)cn2)CC1)N1CCC(Nc2ccc(SC(F)(F)F)cc2)CC1. The molecule has 11 heteroatoms. The molecule has 1 aromatic heterocycles. The Balaban J connectivity index is 0.00000361. The molecule has 2 fully saturated rings. The predicted molar refractivity (Wildman–Crippen MR) is 141 cm³/mol. The van der Waals surface area contributed by atoms with E-state index >= 15 is 0 Å². The number of halogens is 4. The van der Waals surface area contributed by atoms with E-state index in [1.54, 1.807) is 18.3 Å². The zero-order chi connectivity index (χ0) is 24.8. The first-order valence-corrected chi connectivity index (χ1v) is 12.9. The number of pyridine rings is 1. The number of anilines is 2. The van der Waals surface area contributed by atoms with Crippen molar-refractivity contribution in [1.82, 2.24) is 14.8 Å². The van der Waals surface area contributed by atoms with Crippen LogP contribution in [0.5, 0.6) is 0 Å². The number of thioether (sulfide) groups is 1. The molecule has 1 amide bonds. The lowest BCUT2D eigenvalue weighted by Gasteiger charge is -2.36. The molecule has 0 spiro atoms. The number of carbonyl (C=O) groups excluding carboxylic acids is 1. The second-order valence-corrected chi connectivity index (χ2v) is 10.4. The quantitative estimate of drug-likeness (QED) is 0.459. The van der Waals surface area contributed by atoms with Gasteiger partial charge in [-0.25, -0.2) is 4.98 Å². The molecule has 0 atom stereocenters. The molecule has 0 bridgehead atoms. The first-order valence-electron chi connectivity index (χ1n) is 11.7. The van der Waals surface area contributed by atoms with E-state index in [4.69, 9.17) is 11.6 Å². The average Bonchev–Trinajstić information content (AvgIpc) is 2.84. The van der Waals surface area contributed by atoms with E-state index in [0.29, 0.717) is 24.5 Å². The third kappa shape index (κ3) is 8.45. The third-order valence-corrected chi connectivity index (χ3v) is 7.32. The van der Waals surface area contributed by atoms with Gasteiger partial charge in [0.1, 0.15) is 5.82 Å². The van der Waals surface area contributed by atoms with Gasteiger partial charge in [-0.05, 0) is 61.0 Å². The van der Waals surface area contributed by atoms with Gasteiger partial charge in [-0.1, -0.05) is 19.0 Å². The van der Waals surface area contributed by atoms with Gasteiger partial charge in [-0.2, -0.15) is 13.2 Å². The van der Waals surface area contributed by atoms with E-state index in [1.165, 1.54) is 12.1 Å². The fourth-order valence-electron chi connectivity index (χ4n) is 4.43. The van der Waals surface area contributed by atoms with Crippen LogP contribution in [-0.2, 0) is 4.79 Å². The summed E-state index contributed by atoms with van der Waals surface area (Å²) in [5.74, 6) is 1.11. The number of benzene rings is 1. The van der Waals surface area contributed by atoms with Gasteiger partial charge < -0.3 is 15.1 Å². The molecular weight excluding hydrogens is 511 g/mol. The smallest absolute Gasteiger partial charge is 0.382 e. The van der Waals surface area contributed by atoms with E-state index in [-0.39, 0.29) is 36.0 Å². The predicted octanol–water partition coefficient (Wildman–Crippen LogP) is 5.60. The van der Waals surface area contributed by atoms with Gasteiger partial charge in [-0.15, -0.1) is 0 Å². The summed E-state index contributed by atoms with van der Waals surface area (Å²) in [6.45, 7) is 5.66. The Morgan fingerprint density at radius 2 is 1.69 bits per heavy atom. The standard InChI is InChI=1S/C24H29ClF3N5OS.CH4/c25-18-1-6-22(29-17-18)32-15-13-31(14-16-32)10-9-23(34)33-11-7-20(8-12-33)30-19-2-4-21(5-3-19)35-24(26,27)28;/h1-6,17,20,30H,7-16H2;1H4. The Morgan fingerprint density at radius 1 is 1.03 bits per heavy atom. The van der Waals surface area contributed by atoms with Crippen LogP contribution in [0, 0.1) is 0 Å². The number of nitrogens with zero attached hydrogens (tertiary/aromatic N) is 4. The summed E-state index contributed by atoms with van der Waals surface area (Å²) in [6.07, 6.45) is 3.80. The second kappa shape index (κ2) is 12.9. The van der Waals surface area contributed by atoms with Crippen LogP contribution in [-0.4, -0.2) is 78.1 Å². The molecule has 1 N–H and O–H groups in total. The largest absolute Gasteiger partial charge is 0.446 e. The van der Waals surface area contributed by atoms with Gasteiger partial charge in [0.15, 0.2) is 0 Å². The monoisotopic (exact) mass is 543 g/mol. The summed E-state index contributed by atoms with van der Waals surface area (Å²) in [5, 5.41) is 4.01. The number of rotatable bonds is 7. The van der Waals surface area contributed by atoms with Crippen LogP contribution in [0.25, 0.3) is 0 Å². The first-order chi connectivity index (χ1) is 16.7. The number of likely N-dealkylation sites (tertiary alicyclic amines) is 1. The number of nitrogens with one attached hydrogen (secondary N) is 1. The van der Waals surface area contributed by atoms with Crippen molar-refractivity contribution in [1.29, 1.82) is 0 Å². The Hall–Kier alpha value is -2.17. The van der Waals surface area contributed by atoms with E-state index in [1.807, 2.05) is 17.0 Å². The zero-order valence-electron chi connectivity index (χ0n) is 19.3. The van der Waals surface area contributed by atoms with Crippen LogP contribution < -0.4 is 10.2 Å². The van der Waals surface area contributed by atoms with Gasteiger partial charge in [0, 0.05) is 75.1 Å². The molecule has 6 nitrogen and oxygen atoms in total. The van der Waals surface area contributed by atoms with E-state index in [9.17, 15) is 18.0 Å². The van der Waals surface area contributed by atoms with Gasteiger partial charge >= 0.3 is 5.51 Å². The highest BCUT2D eigenvalue weighted by molar-refractivity contribution is 8.00. The molecule has 2 aliphatic rings. The fourth-order valence-corrected chi connectivity index (χ4v) is 5.08. The highest BCUT2D eigenvalue weighted by Gasteiger charge is 2.29. The number of aromatic nitrogens is 1. The van der Waals surface area contributed by atoms with E-state index in [2.05, 4.69) is 20.1 Å². The molecule has 0 saturated carbocycles. The maximum Gasteiger partial charge on any atom is 0.446 e. The Labute approximate surface area is 220 Å². The van der Waals surface area contributed by atoms with Crippen molar-refractivity contribution >= 4 is 40.8 Å².